The number of hydrogen-bond acceptors (Lipinski definition) is 5. The molecular weight excluding hydrogens is 452 g/mol. The number of benzene rings is 3. The number of piperidine rings is 1. The summed E-state index contributed by atoms with van der Waals surface area (Å²) in [6.07, 6.45) is 1.61. The first kappa shape index (κ1) is 24.1. The Bertz CT molecular complexity index is 1190. The number of amides is 2. The number of hydrogen-bond donors (Lipinski definition) is 1. The van der Waals surface area contributed by atoms with Crippen LogP contribution >= 0.6 is 0 Å². The van der Waals surface area contributed by atoms with Gasteiger partial charge in [-0.1, -0.05) is 36.4 Å². The van der Waals surface area contributed by atoms with Gasteiger partial charge in [0.2, 0.25) is 11.8 Å². The molecule has 2 saturated heterocycles. The van der Waals surface area contributed by atoms with Crippen molar-refractivity contribution in [3.8, 4) is 5.75 Å². The molecule has 2 fully saturated rings. The molecule has 0 saturated carbocycles. The lowest BCUT2D eigenvalue weighted by molar-refractivity contribution is -0.137. The second-order valence-corrected chi connectivity index (χ2v) is 9.64. The van der Waals surface area contributed by atoms with Gasteiger partial charge in [0.1, 0.15) is 5.75 Å². The molecule has 3 aromatic carbocycles. The lowest BCUT2D eigenvalue weighted by Gasteiger charge is -2.39. The van der Waals surface area contributed by atoms with E-state index < -0.39 is 0 Å². The van der Waals surface area contributed by atoms with Gasteiger partial charge in [-0.2, -0.15) is 0 Å². The largest absolute Gasteiger partial charge is 0.497 e. The number of carbonyl (C=O) groups excluding carboxylic acids is 2. The van der Waals surface area contributed by atoms with Crippen LogP contribution in [-0.4, -0.2) is 74.5 Å². The van der Waals surface area contributed by atoms with Gasteiger partial charge < -0.3 is 19.9 Å². The smallest absolute Gasteiger partial charge is 0.238 e. The predicted octanol–water partition coefficient (Wildman–Crippen LogP) is 3.85. The molecule has 188 valence electrons. The van der Waals surface area contributed by atoms with Crippen molar-refractivity contribution in [3.63, 3.8) is 0 Å². The Hall–Kier alpha value is -3.58. The molecule has 2 aliphatic rings. The van der Waals surface area contributed by atoms with E-state index in [9.17, 15) is 9.59 Å². The first-order valence-electron chi connectivity index (χ1n) is 12.8. The van der Waals surface area contributed by atoms with Crippen LogP contribution in [0, 0.1) is 5.92 Å². The molecule has 3 aromatic rings. The molecule has 0 bridgehead atoms. The number of piperazine rings is 1. The third-order valence-corrected chi connectivity index (χ3v) is 7.40. The summed E-state index contributed by atoms with van der Waals surface area (Å²) in [5, 5.41) is 5.23. The number of nitrogens with one attached hydrogen (secondary N) is 1. The number of anilines is 2. The van der Waals surface area contributed by atoms with E-state index in [0.717, 1.165) is 80.0 Å². The van der Waals surface area contributed by atoms with Crippen LogP contribution in [0.5, 0.6) is 5.75 Å². The van der Waals surface area contributed by atoms with Crippen LogP contribution in [0.1, 0.15) is 12.8 Å². The first-order valence-corrected chi connectivity index (χ1v) is 12.8. The minimum Gasteiger partial charge on any atom is -0.497 e. The van der Waals surface area contributed by atoms with Gasteiger partial charge in [0.25, 0.3) is 0 Å². The van der Waals surface area contributed by atoms with Crippen molar-refractivity contribution >= 4 is 34.0 Å². The number of ether oxygens (including phenoxy) is 1. The van der Waals surface area contributed by atoms with Gasteiger partial charge in [0, 0.05) is 48.9 Å². The average Bonchev–Trinajstić information content (AvgIpc) is 2.93. The summed E-state index contributed by atoms with van der Waals surface area (Å²) in [5.41, 5.74) is 2.01. The molecule has 5 rings (SSSR count). The molecule has 0 spiro atoms. The fourth-order valence-corrected chi connectivity index (χ4v) is 5.30. The summed E-state index contributed by atoms with van der Waals surface area (Å²) < 4.78 is 5.25. The molecule has 1 N–H and O–H groups in total. The highest BCUT2D eigenvalue weighted by molar-refractivity contribution is 6.02. The quantitative estimate of drug-likeness (QED) is 0.574. The molecule has 7 heteroatoms. The molecule has 2 amide bonds. The molecular formula is C29H34N4O3. The molecule has 36 heavy (non-hydrogen) atoms. The SMILES string of the molecule is COc1ccc(N2CCN(C(=O)C3CCN(CC(=O)Nc4cccc5ccccc45)CC3)CC2)cc1. The predicted molar refractivity (Wildman–Crippen MR) is 144 cm³/mol. The van der Waals surface area contributed by atoms with Crippen LogP contribution in [0.2, 0.25) is 0 Å². The summed E-state index contributed by atoms with van der Waals surface area (Å²) >= 11 is 0. The van der Waals surface area contributed by atoms with Crippen LogP contribution in [0.4, 0.5) is 11.4 Å². The lowest BCUT2D eigenvalue weighted by Crippen LogP contribution is -2.52. The Labute approximate surface area is 212 Å². The summed E-state index contributed by atoms with van der Waals surface area (Å²) in [4.78, 5) is 32.4. The van der Waals surface area contributed by atoms with E-state index in [-0.39, 0.29) is 17.7 Å². The molecule has 0 atom stereocenters. The Morgan fingerprint density at radius 2 is 1.56 bits per heavy atom. The summed E-state index contributed by atoms with van der Waals surface area (Å²) in [6, 6.07) is 22.1. The molecule has 0 unspecified atom stereocenters. The highest BCUT2D eigenvalue weighted by Crippen LogP contribution is 2.25. The van der Waals surface area contributed by atoms with Crippen molar-refractivity contribution in [2.24, 2.45) is 5.92 Å². The van der Waals surface area contributed by atoms with E-state index in [1.807, 2.05) is 59.5 Å². The number of fused-ring (bicyclic) bond motifs is 1. The average molecular weight is 487 g/mol. The fraction of sp³-hybridized carbons (Fsp3) is 0.379. The third-order valence-electron chi connectivity index (χ3n) is 7.40. The summed E-state index contributed by atoms with van der Waals surface area (Å²) in [7, 11) is 1.67. The number of methoxy groups -OCH3 is 1. The lowest BCUT2D eigenvalue weighted by atomic mass is 9.95. The molecule has 0 aromatic heterocycles. The van der Waals surface area contributed by atoms with Crippen molar-refractivity contribution in [2.45, 2.75) is 12.8 Å². The van der Waals surface area contributed by atoms with Crippen molar-refractivity contribution in [2.75, 3.05) is 63.1 Å². The standard InChI is InChI=1S/C29H34N4O3/c1-36-25-11-9-24(10-12-25)32-17-19-33(20-18-32)29(35)23-13-15-31(16-14-23)21-28(34)30-27-8-4-6-22-5-2-3-7-26(22)27/h2-12,23H,13-21H2,1H3,(H,30,34). The molecule has 2 aliphatic heterocycles. The second kappa shape index (κ2) is 11.0. The van der Waals surface area contributed by atoms with E-state index in [1.165, 1.54) is 0 Å². The van der Waals surface area contributed by atoms with E-state index in [4.69, 9.17) is 4.74 Å². The van der Waals surface area contributed by atoms with Gasteiger partial charge in [0.15, 0.2) is 0 Å². The maximum Gasteiger partial charge on any atom is 0.238 e. The van der Waals surface area contributed by atoms with Crippen LogP contribution in [0.3, 0.4) is 0 Å². The minimum absolute atomic E-state index is 0.00853. The summed E-state index contributed by atoms with van der Waals surface area (Å²) in [5.74, 6) is 1.16. The molecule has 7 nitrogen and oxygen atoms in total. The van der Waals surface area contributed by atoms with Gasteiger partial charge in [-0.15, -0.1) is 0 Å². The van der Waals surface area contributed by atoms with Gasteiger partial charge in [-0.3, -0.25) is 14.5 Å². The van der Waals surface area contributed by atoms with E-state index in [2.05, 4.69) is 27.2 Å². The van der Waals surface area contributed by atoms with Crippen LogP contribution in [-0.2, 0) is 9.59 Å². The zero-order valence-electron chi connectivity index (χ0n) is 20.9. The van der Waals surface area contributed by atoms with Gasteiger partial charge >= 0.3 is 0 Å². The van der Waals surface area contributed by atoms with Crippen molar-refractivity contribution in [1.82, 2.24) is 9.80 Å². The Morgan fingerprint density at radius 1 is 0.861 bits per heavy atom. The molecule has 2 heterocycles. The van der Waals surface area contributed by atoms with Crippen LogP contribution in [0.25, 0.3) is 10.8 Å². The normalized spacial score (nSPS) is 17.2. The van der Waals surface area contributed by atoms with Gasteiger partial charge in [-0.25, -0.2) is 0 Å². The maximum atomic E-state index is 13.2. The number of likely N-dealkylation sites (tertiary alicyclic amines) is 1. The van der Waals surface area contributed by atoms with Crippen molar-refractivity contribution in [1.29, 1.82) is 0 Å². The Kier molecular flexibility index (Phi) is 7.37. The Balaban J connectivity index is 1.07. The fourth-order valence-electron chi connectivity index (χ4n) is 5.30. The maximum absolute atomic E-state index is 13.2. The number of rotatable bonds is 6. The molecule has 0 aliphatic carbocycles. The van der Waals surface area contributed by atoms with E-state index in [1.54, 1.807) is 7.11 Å². The molecule has 0 radical (unpaired) electrons. The van der Waals surface area contributed by atoms with E-state index in [0.29, 0.717) is 6.54 Å². The topological polar surface area (TPSA) is 65.1 Å². The second-order valence-electron chi connectivity index (χ2n) is 9.64. The monoisotopic (exact) mass is 486 g/mol. The zero-order valence-corrected chi connectivity index (χ0v) is 20.9. The number of carbonyl (C=O) groups is 2. The first-order chi connectivity index (χ1) is 17.6. The highest BCUT2D eigenvalue weighted by atomic mass is 16.5. The summed E-state index contributed by atoms with van der Waals surface area (Å²) in [6.45, 7) is 5.06. The van der Waals surface area contributed by atoms with E-state index >= 15 is 0 Å². The van der Waals surface area contributed by atoms with Crippen LogP contribution in [0.15, 0.2) is 66.7 Å². The minimum atomic E-state index is -0.00853. The zero-order chi connectivity index (χ0) is 24.9. The van der Waals surface area contributed by atoms with Crippen LogP contribution < -0.4 is 15.0 Å². The number of nitrogens with zero attached hydrogens (tertiary/aromatic N) is 3. The van der Waals surface area contributed by atoms with Crippen molar-refractivity contribution in [3.05, 3.63) is 66.7 Å². The van der Waals surface area contributed by atoms with Gasteiger partial charge in [-0.05, 0) is 61.6 Å². The Morgan fingerprint density at radius 3 is 2.28 bits per heavy atom. The third kappa shape index (κ3) is 5.46. The van der Waals surface area contributed by atoms with Gasteiger partial charge in [0.05, 0.1) is 13.7 Å². The highest BCUT2D eigenvalue weighted by Gasteiger charge is 2.31. The van der Waals surface area contributed by atoms with Crippen molar-refractivity contribution < 1.29 is 14.3 Å².